The van der Waals surface area contributed by atoms with Gasteiger partial charge in [-0.2, -0.15) is 0 Å². The van der Waals surface area contributed by atoms with E-state index in [9.17, 15) is 14.0 Å². The summed E-state index contributed by atoms with van der Waals surface area (Å²) in [4.78, 5) is 30.5. The van der Waals surface area contributed by atoms with Crippen molar-refractivity contribution >= 4 is 11.8 Å². The summed E-state index contributed by atoms with van der Waals surface area (Å²) in [5.41, 5.74) is 0.581. The highest BCUT2D eigenvalue weighted by atomic mass is 19.1. The van der Waals surface area contributed by atoms with E-state index in [1.807, 2.05) is 4.90 Å². The van der Waals surface area contributed by atoms with Gasteiger partial charge in [0.25, 0.3) is 0 Å². The zero-order valence-corrected chi connectivity index (χ0v) is 13.6. The molecule has 2 heterocycles. The Hall–Kier alpha value is -1.98. The van der Waals surface area contributed by atoms with Crippen LogP contribution in [0.15, 0.2) is 18.3 Å². The maximum Gasteiger partial charge on any atom is 0.228 e. The van der Waals surface area contributed by atoms with Crippen LogP contribution in [0.5, 0.6) is 0 Å². The average Bonchev–Trinajstić information content (AvgIpc) is 3.05. The van der Waals surface area contributed by atoms with E-state index in [2.05, 4.69) is 10.3 Å². The molecular formula is C18H22FN3O2. The first-order chi connectivity index (χ1) is 11.6. The number of pyridine rings is 1. The fourth-order valence-corrected chi connectivity index (χ4v) is 3.91. The van der Waals surface area contributed by atoms with Gasteiger partial charge in [0.1, 0.15) is 5.82 Å². The minimum Gasteiger partial charge on any atom is -0.353 e. The molecule has 0 bridgehead atoms. The van der Waals surface area contributed by atoms with Gasteiger partial charge in [0.05, 0.1) is 12.6 Å². The number of halogens is 1. The number of carbonyl (C=O) groups excluding carboxylic acids is 2. The lowest BCUT2D eigenvalue weighted by atomic mass is 9.92. The summed E-state index contributed by atoms with van der Waals surface area (Å²) >= 11 is 0. The molecule has 2 amide bonds. The molecule has 6 heteroatoms. The summed E-state index contributed by atoms with van der Waals surface area (Å²) in [6, 6.07) is 3.24. The van der Waals surface area contributed by atoms with E-state index in [4.69, 9.17) is 0 Å². The van der Waals surface area contributed by atoms with Gasteiger partial charge in [0.2, 0.25) is 11.8 Å². The van der Waals surface area contributed by atoms with Crippen molar-refractivity contribution in [3.63, 3.8) is 0 Å². The van der Waals surface area contributed by atoms with E-state index in [1.165, 1.54) is 12.5 Å². The largest absolute Gasteiger partial charge is 0.353 e. The van der Waals surface area contributed by atoms with Crippen LogP contribution < -0.4 is 5.32 Å². The number of rotatable bonds is 4. The summed E-state index contributed by atoms with van der Waals surface area (Å²) in [5, 5.41) is 3.13. The third-order valence-corrected chi connectivity index (χ3v) is 5.82. The van der Waals surface area contributed by atoms with Crippen molar-refractivity contribution in [2.24, 2.45) is 11.3 Å². The predicted molar refractivity (Wildman–Crippen MR) is 85.4 cm³/mol. The third kappa shape index (κ3) is 2.89. The van der Waals surface area contributed by atoms with E-state index in [1.54, 1.807) is 6.07 Å². The van der Waals surface area contributed by atoms with Crippen molar-refractivity contribution in [3.8, 4) is 0 Å². The van der Waals surface area contributed by atoms with Gasteiger partial charge in [-0.25, -0.2) is 4.39 Å². The molecular weight excluding hydrogens is 309 g/mol. The number of amides is 2. The minimum atomic E-state index is -0.398. The maximum absolute atomic E-state index is 12.9. The number of nitrogens with one attached hydrogen (secondary N) is 1. The van der Waals surface area contributed by atoms with Crippen LogP contribution in [0.25, 0.3) is 0 Å². The molecule has 2 aliphatic carbocycles. The zero-order valence-electron chi connectivity index (χ0n) is 13.6. The van der Waals surface area contributed by atoms with Crippen molar-refractivity contribution in [1.29, 1.82) is 0 Å². The Morgan fingerprint density at radius 3 is 2.88 bits per heavy atom. The summed E-state index contributed by atoms with van der Waals surface area (Å²) in [5.74, 6) is -0.144. The van der Waals surface area contributed by atoms with Gasteiger partial charge in [-0.15, -0.1) is 0 Å². The molecule has 3 fully saturated rings. The van der Waals surface area contributed by atoms with Gasteiger partial charge in [-0.05, 0) is 44.2 Å². The van der Waals surface area contributed by atoms with E-state index in [0.717, 1.165) is 31.9 Å². The van der Waals surface area contributed by atoms with Crippen LogP contribution in [-0.2, 0) is 16.0 Å². The molecule has 5 nitrogen and oxygen atoms in total. The summed E-state index contributed by atoms with van der Waals surface area (Å²) in [7, 11) is 0. The first kappa shape index (κ1) is 15.5. The molecule has 128 valence electrons. The molecule has 3 aliphatic rings. The van der Waals surface area contributed by atoms with E-state index >= 15 is 0 Å². The number of nitrogens with zero attached hydrogens (tertiary/aromatic N) is 2. The Balaban J connectivity index is 1.31. The Morgan fingerprint density at radius 1 is 1.38 bits per heavy atom. The molecule has 4 rings (SSSR count). The number of aromatic nitrogens is 1. The van der Waals surface area contributed by atoms with E-state index in [0.29, 0.717) is 24.8 Å². The number of likely N-dealkylation sites (tertiary alicyclic amines) is 1. The van der Waals surface area contributed by atoms with Crippen LogP contribution in [0.4, 0.5) is 4.39 Å². The molecule has 0 unspecified atom stereocenters. The molecule has 1 aromatic rings. The molecule has 0 radical (unpaired) electrons. The number of hydrogen-bond donors (Lipinski definition) is 1. The van der Waals surface area contributed by atoms with Crippen molar-refractivity contribution in [3.05, 3.63) is 29.8 Å². The molecule has 24 heavy (non-hydrogen) atoms. The fourth-order valence-electron chi connectivity index (χ4n) is 3.91. The van der Waals surface area contributed by atoms with Gasteiger partial charge in [-0.1, -0.05) is 0 Å². The molecule has 2 atom stereocenters. The van der Waals surface area contributed by atoms with E-state index < -0.39 is 5.82 Å². The standard InChI is InChI=1S/C18H22FN3O2/c19-12-4-5-14(20-10-12)8-16(23)22-7-6-18(11-22)9-15(18)17(24)21-13-2-1-3-13/h4-5,10,13,15H,1-3,6-9,11H2,(H,21,24)/t15-,18-/m1/s1. The van der Waals surface area contributed by atoms with Crippen LogP contribution >= 0.6 is 0 Å². The second-order valence-electron chi connectivity index (χ2n) is 7.47. The smallest absolute Gasteiger partial charge is 0.228 e. The summed E-state index contributed by atoms with van der Waals surface area (Å²) in [6.07, 6.45) is 6.52. The topological polar surface area (TPSA) is 62.3 Å². The monoisotopic (exact) mass is 331 g/mol. The maximum atomic E-state index is 12.9. The van der Waals surface area contributed by atoms with Crippen molar-refractivity contribution < 1.29 is 14.0 Å². The Bertz CT molecular complexity index is 659. The highest BCUT2D eigenvalue weighted by Crippen LogP contribution is 2.58. The SMILES string of the molecule is O=C(NC1CCC1)[C@H]1C[C@@]12CCN(C(=O)Cc1ccc(F)cn1)C2. The lowest BCUT2D eigenvalue weighted by Crippen LogP contribution is -2.41. The zero-order chi connectivity index (χ0) is 16.7. The normalized spacial score (nSPS) is 28.7. The van der Waals surface area contributed by atoms with Crippen LogP contribution in [0.3, 0.4) is 0 Å². The third-order valence-electron chi connectivity index (χ3n) is 5.82. The van der Waals surface area contributed by atoms with Crippen molar-refractivity contribution in [2.45, 2.75) is 44.6 Å². The summed E-state index contributed by atoms with van der Waals surface area (Å²) < 4.78 is 12.9. The number of hydrogen-bond acceptors (Lipinski definition) is 3. The first-order valence-corrected chi connectivity index (χ1v) is 8.74. The van der Waals surface area contributed by atoms with Crippen molar-refractivity contribution in [2.75, 3.05) is 13.1 Å². The minimum absolute atomic E-state index is 0.000283. The Morgan fingerprint density at radius 2 is 2.21 bits per heavy atom. The molecule has 1 saturated heterocycles. The van der Waals surface area contributed by atoms with Gasteiger partial charge in [-0.3, -0.25) is 14.6 Å². The first-order valence-electron chi connectivity index (χ1n) is 8.74. The fraction of sp³-hybridized carbons (Fsp3) is 0.611. The number of carbonyl (C=O) groups is 2. The molecule has 0 aromatic carbocycles. The van der Waals surface area contributed by atoms with E-state index in [-0.39, 0.29) is 29.6 Å². The summed E-state index contributed by atoms with van der Waals surface area (Å²) in [6.45, 7) is 1.36. The molecule has 1 spiro atoms. The Kier molecular flexibility index (Phi) is 3.77. The highest BCUT2D eigenvalue weighted by Gasteiger charge is 2.61. The Labute approximate surface area is 140 Å². The van der Waals surface area contributed by atoms with Gasteiger partial charge < -0.3 is 10.2 Å². The van der Waals surface area contributed by atoms with Crippen LogP contribution in [0, 0.1) is 17.2 Å². The molecule has 1 N–H and O–H groups in total. The van der Waals surface area contributed by atoms with Gasteiger partial charge in [0.15, 0.2) is 0 Å². The molecule has 1 aromatic heterocycles. The van der Waals surface area contributed by atoms with Crippen LogP contribution in [-0.4, -0.2) is 40.8 Å². The van der Waals surface area contributed by atoms with Crippen LogP contribution in [0.1, 0.15) is 37.8 Å². The van der Waals surface area contributed by atoms with Gasteiger partial charge >= 0.3 is 0 Å². The van der Waals surface area contributed by atoms with Crippen molar-refractivity contribution in [1.82, 2.24) is 15.2 Å². The quantitative estimate of drug-likeness (QED) is 0.913. The molecule has 1 aliphatic heterocycles. The molecule has 2 saturated carbocycles. The van der Waals surface area contributed by atoms with Gasteiger partial charge in [0, 0.05) is 36.2 Å². The lowest BCUT2D eigenvalue weighted by Gasteiger charge is -2.26. The predicted octanol–water partition coefficient (Wildman–Crippen LogP) is 1.67. The highest BCUT2D eigenvalue weighted by molar-refractivity contribution is 5.84. The second-order valence-corrected chi connectivity index (χ2v) is 7.47. The van der Waals surface area contributed by atoms with Crippen LogP contribution in [0.2, 0.25) is 0 Å². The average molecular weight is 331 g/mol. The second kappa shape index (κ2) is 5.83. The lowest BCUT2D eigenvalue weighted by molar-refractivity contribution is -0.130.